The Morgan fingerprint density at radius 2 is 1.75 bits per heavy atom. The fourth-order valence-electron chi connectivity index (χ4n) is 3.53. The number of hydrogen-bond acceptors (Lipinski definition) is 5. The van der Waals surface area contributed by atoms with Gasteiger partial charge >= 0.3 is 12.1 Å². The summed E-state index contributed by atoms with van der Waals surface area (Å²) >= 11 is 0. The SMILES string of the molecule is CN1CCC(OC(=O)Nc2cc(/C=C/C(=O)OC(C)(C)C)ccc2-c2ccccc2)CC1. The number of nitrogens with one attached hydrogen (secondary N) is 1. The predicted molar refractivity (Wildman–Crippen MR) is 127 cm³/mol. The van der Waals surface area contributed by atoms with Gasteiger partial charge in [-0.05, 0) is 63.9 Å². The minimum absolute atomic E-state index is 0.0818. The molecule has 32 heavy (non-hydrogen) atoms. The quantitative estimate of drug-likeness (QED) is 0.505. The van der Waals surface area contributed by atoms with Crippen LogP contribution in [0.25, 0.3) is 17.2 Å². The van der Waals surface area contributed by atoms with E-state index in [0.29, 0.717) is 5.69 Å². The molecule has 1 fully saturated rings. The molecule has 3 rings (SSSR count). The first-order valence-corrected chi connectivity index (χ1v) is 11.0. The zero-order valence-corrected chi connectivity index (χ0v) is 19.3. The molecule has 0 bridgehead atoms. The van der Waals surface area contributed by atoms with Gasteiger partial charge < -0.3 is 14.4 Å². The second-order valence-electron chi connectivity index (χ2n) is 9.07. The molecule has 0 aliphatic carbocycles. The number of amides is 1. The molecule has 0 radical (unpaired) electrons. The number of nitrogens with zero attached hydrogens (tertiary/aromatic N) is 1. The van der Waals surface area contributed by atoms with Crippen LogP contribution in [0.3, 0.4) is 0 Å². The maximum absolute atomic E-state index is 12.6. The van der Waals surface area contributed by atoms with Crippen molar-refractivity contribution in [1.29, 1.82) is 0 Å². The third-order valence-corrected chi connectivity index (χ3v) is 5.12. The van der Waals surface area contributed by atoms with E-state index in [4.69, 9.17) is 9.47 Å². The van der Waals surface area contributed by atoms with Gasteiger partial charge in [0.15, 0.2) is 0 Å². The summed E-state index contributed by atoms with van der Waals surface area (Å²) in [5, 5.41) is 2.91. The molecule has 0 spiro atoms. The Morgan fingerprint density at radius 3 is 2.41 bits per heavy atom. The summed E-state index contributed by atoms with van der Waals surface area (Å²) in [5.41, 5.74) is 2.69. The average molecular weight is 437 g/mol. The van der Waals surface area contributed by atoms with Crippen LogP contribution < -0.4 is 5.32 Å². The van der Waals surface area contributed by atoms with Crippen molar-refractivity contribution in [2.24, 2.45) is 0 Å². The lowest BCUT2D eigenvalue weighted by molar-refractivity contribution is -0.148. The monoisotopic (exact) mass is 436 g/mol. The maximum atomic E-state index is 12.6. The van der Waals surface area contributed by atoms with Gasteiger partial charge in [-0.2, -0.15) is 0 Å². The number of likely N-dealkylation sites (tertiary alicyclic amines) is 1. The molecule has 1 saturated heterocycles. The van der Waals surface area contributed by atoms with Crippen molar-refractivity contribution < 1.29 is 19.1 Å². The van der Waals surface area contributed by atoms with E-state index in [1.54, 1.807) is 6.08 Å². The van der Waals surface area contributed by atoms with Crippen molar-refractivity contribution in [3.8, 4) is 11.1 Å². The highest BCUT2D eigenvalue weighted by Gasteiger charge is 2.21. The Balaban J connectivity index is 1.78. The molecule has 0 aromatic heterocycles. The van der Waals surface area contributed by atoms with Gasteiger partial charge in [0.25, 0.3) is 0 Å². The van der Waals surface area contributed by atoms with Gasteiger partial charge in [0, 0.05) is 24.7 Å². The van der Waals surface area contributed by atoms with Gasteiger partial charge in [0.05, 0.1) is 5.69 Å². The summed E-state index contributed by atoms with van der Waals surface area (Å²) < 4.78 is 11.0. The van der Waals surface area contributed by atoms with Crippen molar-refractivity contribution in [2.75, 3.05) is 25.5 Å². The van der Waals surface area contributed by atoms with E-state index in [1.165, 1.54) is 6.08 Å². The second kappa shape index (κ2) is 10.5. The van der Waals surface area contributed by atoms with Gasteiger partial charge in [0.1, 0.15) is 11.7 Å². The molecule has 1 amide bonds. The average Bonchev–Trinajstić information content (AvgIpc) is 2.73. The van der Waals surface area contributed by atoms with Crippen LogP contribution >= 0.6 is 0 Å². The van der Waals surface area contributed by atoms with Crippen LogP contribution in [0.2, 0.25) is 0 Å². The fraction of sp³-hybridized carbons (Fsp3) is 0.385. The summed E-state index contributed by atoms with van der Waals surface area (Å²) in [6, 6.07) is 15.5. The van der Waals surface area contributed by atoms with E-state index in [-0.39, 0.29) is 6.10 Å². The van der Waals surface area contributed by atoms with E-state index in [2.05, 4.69) is 17.3 Å². The van der Waals surface area contributed by atoms with Crippen LogP contribution in [0.15, 0.2) is 54.6 Å². The number of hydrogen-bond donors (Lipinski definition) is 1. The number of carbonyl (C=O) groups excluding carboxylic acids is 2. The number of piperidine rings is 1. The molecule has 0 saturated carbocycles. The van der Waals surface area contributed by atoms with E-state index in [1.807, 2.05) is 69.3 Å². The van der Waals surface area contributed by atoms with Crippen LogP contribution in [0.1, 0.15) is 39.2 Å². The molecule has 1 aliphatic rings. The highest BCUT2D eigenvalue weighted by molar-refractivity contribution is 5.93. The Hall–Kier alpha value is -3.12. The van der Waals surface area contributed by atoms with Crippen LogP contribution in [0.4, 0.5) is 10.5 Å². The van der Waals surface area contributed by atoms with Gasteiger partial charge in [0.2, 0.25) is 0 Å². The Labute approximate surface area is 190 Å². The highest BCUT2D eigenvalue weighted by atomic mass is 16.6. The molecule has 0 unspecified atom stereocenters. The Kier molecular flexibility index (Phi) is 7.70. The van der Waals surface area contributed by atoms with Crippen molar-refractivity contribution >= 4 is 23.8 Å². The van der Waals surface area contributed by atoms with E-state index in [0.717, 1.165) is 42.6 Å². The summed E-state index contributed by atoms with van der Waals surface area (Å²) in [4.78, 5) is 26.9. The predicted octanol–water partition coefficient (Wildman–Crippen LogP) is 5.35. The molecule has 0 atom stereocenters. The van der Waals surface area contributed by atoms with Gasteiger partial charge in [-0.25, -0.2) is 9.59 Å². The number of esters is 1. The number of rotatable bonds is 5. The Bertz CT molecular complexity index is 956. The van der Waals surface area contributed by atoms with Gasteiger partial charge in [-0.1, -0.05) is 42.5 Å². The van der Waals surface area contributed by atoms with Crippen molar-refractivity contribution in [2.45, 2.75) is 45.3 Å². The van der Waals surface area contributed by atoms with Crippen LogP contribution in [-0.2, 0) is 14.3 Å². The van der Waals surface area contributed by atoms with E-state index in [9.17, 15) is 9.59 Å². The second-order valence-corrected chi connectivity index (χ2v) is 9.07. The molecule has 6 nitrogen and oxygen atoms in total. The number of anilines is 1. The molecule has 170 valence electrons. The van der Waals surface area contributed by atoms with Crippen molar-refractivity contribution in [3.63, 3.8) is 0 Å². The number of carbonyl (C=O) groups is 2. The van der Waals surface area contributed by atoms with Crippen LogP contribution in [0, 0.1) is 0 Å². The van der Waals surface area contributed by atoms with Crippen LogP contribution in [-0.4, -0.2) is 48.8 Å². The molecule has 1 N–H and O–H groups in total. The highest BCUT2D eigenvalue weighted by Crippen LogP contribution is 2.30. The molecular weight excluding hydrogens is 404 g/mol. The minimum Gasteiger partial charge on any atom is -0.457 e. The maximum Gasteiger partial charge on any atom is 0.411 e. The first-order chi connectivity index (χ1) is 15.2. The summed E-state index contributed by atoms with van der Waals surface area (Å²) in [5.74, 6) is -0.416. The topological polar surface area (TPSA) is 67.9 Å². The molecule has 2 aromatic carbocycles. The lowest BCUT2D eigenvalue weighted by Gasteiger charge is -2.28. The molecule has 2 aromatic rings. The summed E-state index contributed by atoms with van der Waals surface area (Å²) in [7, 11) is 2.07. The first kappa shape index (κ1) is 23.5. The lowest BCUT2D eigenvalue weighted by Crippen LogP contribution is -2.36. The first-order valence-electron chi connectivity index (χ1n) is 11.0. The van der Waals surface area contributed by atoms with Crippen molar-refractivity contribution in [1.82, 2.24) is 4.90 Å². The molecule has 1 heterocycles. The zero-order chi connectivity index (χ0) is 23.1. The third-order valence-electron chi connectivity index (χ3n) is 5.12. The standard InChI is InChI=1S/C26H32N2O4/c1-26(2,3)32-24(29)13-11-19-10-12-22(20-8-6-5-7-9-20)23(18-19)27-25(30)31-21-14-16-28(4)17-15-21/h5-13,18,21H,14-17H2,1-4H3,(H,27,30)/b13-11+. The van der Waals surface area contributed by atoms with E-state index < -0.39 is 17.7 Å². The number of benzene rings is 2. The molecular formula is C26H32N2O4. The Morgan fingerprint density at radius 1 is 1.06 bits per heavy atom. The minimum atomic E-state index is -0.553. The van der Waals surface area contributed by atoms with Crippen LogP contribution in [0.5, 0.6) is 0 Å². The summed E-state index contributed by atoms with van der Waals surface area (Å²) in [6.07, 6.45) is 4.17. The third kappa shape index (κ3) is 7.24. The molecule has 1 aliphatic heterocycles. The lowest BCUT2D eigenvalue weighted by atomic mass is 10.0. The largest absolute Gasteiger partial charge is 0.457 e. The smallest absolute Gasteiger partial charge is 0.411 e. The number of ether oxygens (including phenoxy) is 2. The van der Waals surface area contributed by atoms with E-state index >= 15 is 0 Å². The van der Waals surface area contributed by atoms with Gasteiger partial charge in [-0.3, -0.25) is 5.32 Å². The van der Waals surface area contributed by atoms with Gasteiger partial charge in [-0.15, -0.1) is 0 Å². The zero-order valence-electron chi connectivity index (χ0n) is 19.3. The van der Waals surface area contributed by atoms with Crippen molar-refractivity contribution in [3.05, 3.63) is 60.2 Å². The molecule has 6 heteroatoms. The normalized spacial score (nSPS) is 15.5. The summed E-state index contributed by atoms with van der Waals surface area (Å²) in [6.45, 7) is 7.30. The fourth-order valence-corrected chi connectivity index (χ4v) is 3.53.